The monoisotopic (exact) mass is 193 g/mol. The zero-order valence-electron chi connectivity index (χ0n) is 8.29. The minimum absolute atomic E-state index is 0.103. The molecule has 0 bridgehead atoms. The Bertz CT molecular complexity index is 293. The molecule has 0 spiro atoms. The number of benzene rings is 1. The second-order valence-electron chi connectivity index (χ2n) is 3.24. The van der Waals surface area contributed by atoms with E-state index in [2.05, 4.69) is 5.32 Å². The van der Waals surface area contributed by atoms with E-state index < -0.39 is 5.97 Å². The first kappa shape index (κ1) is 10.7. The van der Waals surface area contributed by atoms with Crippen molar-refractivity contribution in [3.63, 3.8) is 0 Å². The lowest BCUT2D eigenvalue weighted by Gasteiger charge is -2.02. The van der Waals surface area contributed by atoms with Crippen LogP contribution in [-0.4, -0.2) is 24.7 Å². The van der Waals surface area contributed by atoms with Crippen molar-refractivity contribution in [1.82, 2.24) is 5.32 Å². The summed E-state index contributed by atoms with van der Waals surface area (Å²) < 4.78 is 0. The normalized spacial score (nSPS) is 10.1. The summed E-state index contributed by atoms with van der Waals surface area (Å²) in [5, 5.41) is 11.6. The summed E-state index contributed by atoms with van der Waals surface area (Å²) in [4.78, 5) is 10.4. The summed E-state index contributed by atoms with van der Waals surface area (Å²) in [5.74, 6) is -0.784. The fourth-order valence-corrected chi connectivity index (χ4v) is 1.27. The van der Waals surface area contributed by atoms with Crippen LogP contribution in [-0.2, 0) is 17.6 Å². The van der Waals surface area contributed by atoms with Gasteiger partial charge in [-0.1, -0.05) is 24.3 Å². The molecule has 1 aromatic rings. The Kier molecular flexibility index (Phi) is 4.13. The maximum atomic E-state index is 10.4. The molecule has 0 heterocycles. The van der Waals surface area contributed by atoms with Gasteiger partial charge in [0, 0.05) is 0 Å². The summed E-state index contributed by atoms with van der Waals surface area (Å²) in [6.07, 6.45) is 1.08. The Morgan fingerprint density at radius 1 is 1.29 bits per heavy atom. The quantitative estimate of drug-likeness (QED) is 0.735. The number of carboxylic acids is 1. The molecule has 1 aromatic carbocycles. The molecule has 1 rings (SSSR count). The highest BCUT2D eigenvalue weighted by Gasteiger charge is 1.99. The van der Waals surface area contributed by atoms with Gasteiger partial charge in [0.1, 0.15) is 0 Å². The lowest BCUT2D eigenvalue weighted by molar-refractivity contribution is -0.136. The number of likely N-dealkylation sites (N-methyl/N-ethyl adjacent to an activating group) is 1. The molecular formula is C11H15NO2. The number of carboxylic acid groups (broad SMARTS) is 1. The van der Waals surface area contributed by atoms with E-state index >= 15 is 0 Å². The Hall–Kier alpha value is -1.35. The predicted molar refractivity (Wildman–Crippen MR) is 55.4 cm³/mol. The van der Waals surface area contributed by atoms with Gasteiger partial charge >= 0.3 is 5.97 Å². The Balaban J connectivity index is 2.54. The summed E-state index contributed by atoms with van der Waals surface area (Å²) in [6, 6.07) is 7.71. The lowest BCUT2D eigenvalue weighted by atomic mass is 10.1. The van der Waals surface area contributed by atoms with Crippen molar-refractivity contribution in [2.75, 3.05) is 13.6 Å². The van der Waals surface area contributed by atoms with Crippen molar-refractivity contribution in [3.05, 3.63) is 35.4 Å². The SMILES string of the molecule is CNCCc1ccc(CC(=O)O)cc1. The highest BCUT2D eigenvalue weighted by atomic mass is 16.4. The smallest absolute Gasteiger partial charge is 0.307 e. The van der Waals surface area contributed by atoms with Crippen LogP contribution < -0.4 is 5.32 Å². The van der Waals surface area contributed by atoms with Gasteiger partial charge in [-0.15, -0.1) is 0 Å². The zero-order chi connectivity index (χ0) is 10.4. The number of rotatable bonds is 5. The van der Waals surface area contributed by atoms with Crippen LogP contribution in [0.3, 0.4) is 0 Å². The molecule has 3 heteroatoms. The minimum Gasteiger partial charge on any atom is -0.481 e. The molecule has 0 radical (unpaired) electrons. The van der Waals surface area contributed by atoms with Crippen LogP contribution in [0.5, 0.6) is 0 Å². The average molecular weight is 193 g/mol. The number of hydrogen-bond donors (Lipinski definition) is 2. The van der Waals surface area contributed by atoms with Gasteiger partial charge in [0.05, 0.1) is 6.42 Å². The van der Waals surface area contributed by atoms with Gasteiger partial charge in [0.2, 0.25) is 0 Å². The van der Waals surface area contributed by atoms with Gasteiger partial charge < -0.3 is 10.4 Å². The van der Waals surface area contributed by atoms with E-state index in [1.165, 1.54) is 5.56 Å². The molecule has 0 unspecified atom stereocenters. The van der Waals surface area contributed by atoms with Crippen LogP contribution in [0.1, 0.15) is 11.1 Å². The van der Waals surface area contributed by atoms with E-state index in [1.807, 2.05) is 31.3 Å². The van der Waals surface area contributed by atoms with Gasteiger partial charge in [-0.25, -0.2) is 0 Å². The molecule has 3 nitrogen and oxygen atoms in total. The van der Waals surface area contributed by atoms with Gasteiger partial charge in [-0.05, 0) is 31.1 Å². The molecule has 0 fully saturated rings. The van der Waals surface area contributed by atoms with E-state index in [1.54, 1.807) is 0 Å². The predicted octanol–water partition coefficient (Wildman–Crippen LogP) is 1.08. The molecule has 0 aliphatic carbocycles. The maximum Gasteiger partial charge on any atom is 0.307 e. The van der Waals surface area contributed by atoms with Crippen LogP contribution in [0, 0.1) is 0 Å². The summed E-state index contributed by atoms with van der Waals surface area (Å²) in [5.41, 5.74) is 2.08. The first-order valence-corrected chi connectivity index (χ1v) is 4.66. The largest absolute Gasteiger partial charge is 0.481 e. The Morgan fingerprint density at radius 3 is 2.36 bits per heavy atom. The standard InChI is InChI=1S/C11H15NO2/c1-12-7-6-9-2-4-10(5-3-9)8-11(13)14/h2-5,12H,6-8H2,1H3,(H,13,14). The second-order valence-corrected chi connectivity index (χ2v) is 3.24. The third kappa shape index (κ3) is 3.58. The van der Waals surface area contributed by atoms with Crippen molar-refractivity contribution >= 4 is 5.97 Å². The van der Waals surface area contributed by atoms with Crippen LogP contribution in [0.25, 0.3) is 0 Å². The maximum absolute atomic E-state index is 10.4. The summed E-state index contributed by atoms with van der Waals surface area (Å²) in [7, 11) is 1.92. The summed E-state index contributed by atoms with van der Waals surface area (Å²) >= 11 is 0. The number of aliphatic carboxylic acids is 1. The third-order valence-electron chi connectivity index (χ3n) is 2.04. The zero-order valence-corrected chi connectivity index (χ0v) is 8.29. The molecule has 0 saturated heterocycles. The van der Waals surface area contributed by atoms with Gasteiger partial charge in [0.15, 0.2) is 0 Å². The number of nitrogens with one attached hydrogen (secondary N) is 1. The van der Waals surface area contributed by atoms with Crippen molar-refractivity contribution in [2.45, 2.75) is 12.8 Å². The van der Waals surface area contributed by atoms with E-state index in [-0.39, 0.29) is 6.42 Å². The van der Waals surface area contributed by atoms with E-state index in [0.29, 0.717) is 0 Å². The topological polar surface area (TPSA) is 49.3 Å². The molecule has 76 valence electrons. The summed E-state index contributed by atoms with van der Waals surface area (Å²) in [6.45, 7) is 0.943. The van der Waals surface area contributed by atoms with Crippen molar-refractivity contribution in [1.29, 1.82) is 0 Å². The fourth-order valence-electron chi connectivity index (χ4n) is 1.27. The van der Waals surface area contributed by atoms with Crippen molar-refractivity contribution < 1.29 is 9.90 Å². The number of carbonyl (C=O) groups is 1. The lowest BCUT2D eigenvalue weighted by Crippen LogP contribution is -2.10. The van der Waals surface area contributed by atoms with E-state index in [0.717, 1.165) is 18.5 Å². The van der Waals surface area contributed by atoms with Crippen LogP contribution >= 0.6 is 0 Å². The molecule has 2 N–H and O–H groups in total. The minimum atomic E-state index is -0.784. The van der Waals surface area contributed by atoms with Crippen molar-refractivity contribution in [3.8, 4) is 0 Å². The number of hydrogen-bond acceptors (Lipinski definition) is 2. The van der Waals surface area contributed by atoms with E-state index in [9.17, 15) is 4.79 Å². The molecule has 14 heavy (non-hydrogen) atoms. The van der Waals surface area contributed by atoms with Crippen LogP contribution in [0.2, 0.25) is 0 Å². The first-order chi connectivity index (χ1) is 6.72. The first-order valence-electron chi connectivity index (χ1n) is 4.66. The molecule has 0 saturated carbocycles. The Morgan fingerprint density at radius 2 is 1.86 bits per heavy atom. The fraction of sp³-hybridized carbons (Fsp3) is 0.364. The molecule has 0 aromatic heterocycles. The second kappa shape index (κ2) is 5.40. The Labute approximate surface area is 83.8 Å². The molecule has 0 aliphatic heterocycles. The van der Waals surface area contributed by atoms with Gasteiger partial charge in [-0.2, -0.15) is 0 Å². The molecule has 0 aliphatic rings. The van der Waals surface area contributed by atoms with Gasteiger partial charge in [0.25, 0.3) is 0 Å². The highest BCUT2D eigenvalue weighted by molar-refractivity contribution is 5.70. The van der Waals surface area contributed by atoms with Crippen LogP contribution in [0.4, 0.5) is 0 Å². The molecule has 0 atom stereocenters. The highest BCUT2D eigenvalue weighted by Crippen LogP contribution is 2.05. The van der Waals surface area contributed by atoms with Crippen molar-refractivity contribution in [2.24, 2.45) is 0 Å². The molecular weight excluding hydrogens is 178 g/mol. The molecule has 0 amide bonds. The van der Waals surface area contributed by atoms with Gasteiger partial charge in [-0.3, -0.25) is 4.79 Å². The average Bonchev–Trinajstić information content (AvgIpc) is 2.16. The van der Waals surface area contributed by atoms with E-state index in [4.69, 9.17) is 5.11 Å². The third-order valence-corrected chi connectivity index (χ3v) is 2.04. The van der Waals surface area contributed by atoms with Crippen LogP contribution in [0.15, 0.2) is 24.3 Å².